The molecule has 0 fully saturated rings. The fourth-order valence-electron chi connectivity index (χ4n) is 3.03. The van der Waals surface area contributed by atoms with Gasteiger partial charge in [0, 0.05) is 27.3 Å². The summed E-state index contributed by atoms with van der Waals surface area (Å²) in [5.74, 6) is 0.297. The molecule has 30 heavy (non-hydrogen) atoms. The van der Waals surface area contributed by atoms with Crippen molar-refractivity contribution in [2.75, 3.05) is 12.4 Å². The molecule has 5 nitrogen and oxygen atoms in total. The van der Waals surface area contributed by atoms with Crippen molar-refractivity contribution in [1.29, 1.82) is 0 Å². The first kappa shape index (κ1) is 22.0. The predicted octanol–water partition coefficient (Wildman–Crippen LogP) is 6.31. The van der Waals surface area contributed by atoms with E-state index in [2.05, 4.69) is 21.2 Å². The van der Waals surface area contributed by atoms with E-state index >= 15 is 0 Å². The number of carboxylic acid groups (broad SMARTS) is 1. The third-order valence-corrected chi connectivity index (χ3v) is 5.57. The minimum Gasteiger partial charge on any atom is -0.493 e. The standard InChI is InChI=1S/C23H21BrClNO4/c1-14-10-16(23(27)28)6-8-20(14)26-12-18-19(24)7-9-21(29-2)22(18)30-13-15-4-3-5-17(25)11-15/h3-11,26H,12-13H2,1-2H3,(H,27,28). The lowest BCUT2D eigenvalue weighted by Crippen LogP contribution is -2.07. The Morgan fingerprint density at radius 1 is 1.17 bits per heavy atom. The molecule has 0 saturated heterocycles. The van der Waals surface area contributed by atoms with Gasteiger partial charge in [-0.25, -0.2) is 4.79 Å². The van der Waals surface area contributed by atoms with Gasteiger partial charge < -0.3 is 19.9 Å². The summed E-state index contributed by atoms with van der Waals surface area (Å²) in [4.78, 5) is 11.1. The lowest BCUT2D eigenvalue weighted by molar-refractivity contribution is 0.0697. The Morgan fingerprint density at radius 2 is 1.97 bits per heavy atom. The molecule has 0 aliphatic heterocycles. The van der Waals surface area contributed by atoms with Crippen molar-refractivity contribution in [3.63, 3.8) is 0 Å². The number of benzene rings is 3. The number of methoxy groups -OCH3 is 1. The minimum absolute atomic E-state index is 0.256. The van der Waals surface area contributed by atoms with Crippen molar-refractivity contribution in [2.24, 2.45) is 0 Å². The van der Waals surface area contributed by atoms with E-state index in [-0.39, 0.29) is 5.56 Å². The van der Waals surface area contributed by atoms with Crippen LogP contribution in [0.15, 0.2) is 59.1 Å². The fourth-order valence-corrected chi connectivity index (χ4v) is 3.69. The number of ether oxygens (including phenoxy) is 2. The maximum absolute atomic E-state index is 11.1. The molecule has 0 aliphatic carbocycles. The van der Waals surface area contributed by atoms with Gasteiger partial charge in [-0.1, -0.05) is 39.7 Å². The first-order valence-electron chi connectivity index (χ1n) is 9.19. The van der Waals surface area contributed by atoms with Gasteiger partial charge in [0.15, 0.2) is 11.5 Å². The monoisotopic (exact) mass is 489 g/mol. The Bertz CT molecular complexity index is 1070. The summed E-state index contributed by atoms with van der Waals surface area (Å²) in [6.45, 7) is 2.66. The highest BCUT2D eigenvalue weighted by Crippen LogP contribution is 2.37. The van der Waals surface area contributed by atoms with Crippen LogP contribution in [0.5, 0.6) is 11.5 Å². The summed E-state index contributed by atoms with van der Waals surface area (Å²) in [5.41, 5.74) is 3.78. The second kappa shape index (κ2) is 9.87. The van der Waals surface area contributed by atoms with Crippen LogP contribution in [0.2, 0.25) is 5.02 Å². The fraction of sp³-hybridized carbons (Fsp3) is 0.174. The summed E-state index contributed by atoms with van der Waals surface area (Å²) >= 11 is 9.67. The third kappa shape index (κ3) is 5.26. The van der Waals surface area contributed by atoms with Crippen molar-refractivity contribution in [3.8, 4) is 11.5 Å². The first-order chi connectivity index (χ1) is 14.4. The van der Waals surface area contributed by atoms with E-state index in [9.17, 15) is 4.79 Å². The second-order valence-electron chi connectivity index (χ2n) is 6.66. The van der Waals surface area contributed by atoms with E-state index in [1.165, 1.54) is 0 Å². The van der Waals surface area contributed by atoms with Gasteiger partial charge in [0.1, 0.15) is 6.61 Å². The summed E-state index contributed by atoms with van der Waals surface area (Å²) in [6.07, 6.45) is 0. The van der Waals surface area contributed by atoms with Crippen molar-refractivity contribution in [1.82, 2.24) is 0 Å². The van der Waals surface area contributed by atoms with Gasteiger partial charge >= 0.3 is 5.97 Å². The molecule has 3 rings (SSSR count). The van der Waals surface area contributed by atoms with E-state index in [4.69, 9.17) is 26.2 Å². The largest absolute Gasteiger partial charge is 0.493 e. The van der Waals surface area contributed by atoms with E-state index in [1.54, 1.807) is 25.3 Å². The summed E-state index contributed by atoms with van der Waals surface area (Å²) in [7, 11) is 1.60. The highest BCUT2D eigenvalue weighted by molar-refractivity contribution is 9.10. The molecule has 3 aromatic rings. The molecule has 7 heteroatoms. The Balaban J connectivity index is 1.84. The number of aromatic carboxylic acids is 1. The molecule has 0 atom stereocenters. The number of carboxylic acids is 1. The molecule has 0 radical (unpaired) electrons. The summed E-state index contributed by atoms with van der Waals surface area (Å²) in [5, 5.41) is 13.2. The quantitative estimate of drug-likeness (QED) is 0.387. The number of rotatable bonds is 8. The van der Waals surface area contributed by atoms with E-state index in [0.29, 0.717) is 29.7 Å². The average Bonchev–Trinajstić information content (AvgIpc) is 2.72. The van der Waals surface area contributed by atoms with Crippen LogP contribution in [-0.4, -0.2) is 18.2 Å². The lowest BCUT2D eigenvalue weighted by atomic mass is 10.1. The Hall–Kier alpha value is -2.70. The number of aryl methyl sites for hydroxylation is 1. The van der Waals surface area contributed by atoms with Crippen molar-refractivity contribution in [2.45, 2.75) is 20.1 Å². The minimum atomic E-state index is -0.947. The van der Waals surface area contributed by atoms with Gasteiger partial charge in [0.05, 0.1) is 12.7 Å². The highest BCUT2D eigenvalue weighted by atomic mass is 79.9. The molecule has 0 unspecified atom stereocenters. The van der Waals surface area contributed by atoms with Crippen LogP contribution < -0.4 is 14.8 Å². The van der Waals surface area contributed by atoms with Crippen molar-refractivity contribution in [3.05, 3.63) is 86.3 Å². The summed E-state index contributed by atoms with van der Waals surface area (Å²) in [6, 6.07) is 16.2. The normalized spacial score (nSPS) is 10.5. The van der Waals surface area contributed by atoms with Gasteiger partial charge in [-0.15, -0.1) is 0 Å². The smallest absolute Gasteiger partial charge is 0.335 e. The van der Waals surface area contributed by atoms with Crippen molar-refractivity contribution < 1.29 is 19.4 Å². The number of anilines is 1. The number of carbonyl (C=O) groups is 1. The third-order valence-electron chi connectivity index (χ3n) is 4.59. The molecule has 0 bridgehead atoms. The van der Waals surface area contributed by atoms with Crippen LogP contribution >= 0.6 is 27.5 Å². The molecule has 3 aromatic carbocycles. The SMILES string of the molecule is COc1ccc(Br)c(CNc2ccc(C(=O)O)cc2C)c1OCc1cccc(Cl)c1. The topological polar surface area (TPSA) is 67.8 Å². The van der Waals surface area contributed by atoms with Gasteiger partial charge in [0.2, 0.25) is 0 Å². The zero-order valence-corrected chi connectivity index (χ0v) is 18.9. The maximum atomic E-state index is 11.1. The molecular weight excluding hydrogens is 470 g/mol. The first-order valence-corrected chi connectivity index (χ1v) is 10.4. The van der Waals surface area contributed by atoms with E-state index in [0.717, 1.165) is 26.9 Å². The molecule has 0 spiro atoms. The van der Waals surface area contributed by atoms with Gasteiger partial charge in [0.25, 0.3) is 0 Å². The molecule has 0 saturated carbocycles. The second-order valence-corrected chi connectivity index (χ2v) is 7.96. The Labute approximate surface area is 188 Å². The predicted molar refractivity (Wildman–Crippen MR) is 122 cm³/mol. The van der Waals surface area contributed by atoms with Gasteiger partial charge in [-0.3, -0.25) is 0 Å². The lowest BCUT2D eigenvalue weighted by Gasteiger charge is -2.18. The number of nitrogens with one attached hydrogen (secondary N) is 1. The number of hydrogen-bond acceptors (Lipinski definition) is 4. The molecule has 0 amide bonds. The number of halogens is 2. The van der Waals surface area contributed by atoms with Gasteiger partial charge in [-0.05, 0) is 60.5 Å². The number of hydrogen-bond donors (Lipinski definition) is 2. The average molecular weight is 491 g/mol. The van der Waals surface area contributed by atoms with Crippen LogP contribution in [0, 0.1) is 6.92 Å². The van der Waals surface area contributed by atoms with Gasteiger partial charge in [-0.2, -0.15) is 0 Å². The zero-order valence-electron chi connectivity index (χ0n) is 16.5. The van der Waals surface area contributed by atoms with Crippen LogP contribution in [0.25, 0.3) is 0 Å². The Kier molecular flexibility index (Phi) is 7.24. The zero-order chi connectivity index (χ0) is 21.7. The van der Waals surface area contributed by atoms with Crippen LogP contribution in [0.1, 0.15) is 27.0 Å². The van der Waals surface area contributed by atoms with Crippen LogP contribution in [0.3, 0.4) is 0 Å². The molecule has 2 N–H and O–H groups in total. The van der Waals surface area contributed by atoms with Crippen molar-refractivity contribution >= 4 is 39.2 Å². The molecule has 0 heterocycles. The van der Waals surface area contributed by atoms with E-state index < -0.39 is 5.97 Å². The Morgan fingerprint density at radius 3 is 2.63 bits per heavy atom. The van der Waals surface area contributed by atoms with E-state index in [1.807, 2.05) is 43.3 Å². The maximum Gasteiger partial charge on any atom is 0.335 e. The molecule has 0 aliphatic rings. The molecule has 0 aromatic heterocycles. The highest BCUT2D eigenvalue weighted by Gasteiger charge is 2.16. The summed E-state index contributed by atoms with van der Waals surface area (Å²) < 4.78 is 12.5. The van der Waals surface area contributed by atoms with Crippen LogP contribution in [-0.2, 0) is 13.2 Å². The molecular formula is C23H21BrClNO4. The molecule has 156 valence electrons. The van der Waals surface area contributed by atoms with Crippen LogP contribution in [0.4, 0.5) is 5.69 Å².